The fourth-order valence-electron chi connectivity index (χ4n) is 3.34. The Balaban J connectivity index is 0.00000462. The van der Waals surface area contributed by atoms with Crippen LogP contribution in [-0.4, -0.2) is 242 Å². The largest absolute Gasteiger partial charge is 0.508 e. The average molecular weight is 737 g/mol. The van der Waals surface area contributed by atoms with Gasteiger partial charge in [-0.2, -0.15) is 37.3 Å². The molecule has 0 heterocycles. The maximum absolute atomic E-state index is 12.1. The number of benzene rings is 4. The maximum atomic E-state index is 12.1. The van der Waals surface area contributed by atoms with Gasteiger partial charge in [-0.15, -0.1) is 0 Å². The van der Waals surface area contributed by atoms with E-state index in [1.54, 1.807) is 0 Å². The normalized spacial score (nSPS) is 11.4. The first-order valence-electron chi connectivity index (χ1n) is 11.2. The summed E-state index contributed by atoms with van der Waals surface area (Å²) in [5.41, 5.74) is 0.976. The summed E-state index contributed by atoms with van der Waals surface area (Å²) < 4.78 is 67.7. The van der Waals surface area contributed by atoms with Crippen LogP contribution in [0.2, 0.25) is 0 Å². The molecule has 0 amide bonds. The zero-order valence-corrected chi connectivity index (χ0v) is 38.4. The number of phenolic OH excluding ortho intramolecular Hbond substituents is 2. The van der Waals surface area contributed by atoms with Crippen LogP contribution in [0, 0.1) is 0 Å². The van der Waals surface area contributed by atoms with Gasteiger partial charge in [0.05, 0.1) is 22.7 Å². The predicted octanol–water partition coefficient (Wildman–Crippen LogP) is 5.07. The van der Waals surface area contributed by atoms with Crippen molar-refractivity contribution in [2.75, 3.05) is 0 Å². The first-order valence-corrected chi connectivity index (χ1v) is 14.1. The third kappa shape index (κ3) is 14.3. The number of rotatable bonds is 8. The van der Waals surface area contributed by atoms with E-state index in [4.69, 9.17) is 0 Å². The molecule has 0 saturated heterocycles. The number of hydrogen-bond donors (Lipinski definition) is 4. The molecule has 0 aliphatic carbocycles. The molecule has 4 radical (unpaired) electrons. The zero-order chi connectivity index (χ0) is 28.9. The van der Waals surface area contributed by atoms with E-state index >= 15 is 0 Å². The summed E-state index contributed by atoms with van der Waals surface area (Å²) in [6, 6.07) is 19.2. The molecule has 0 unspecified atom stereocenters. The van der Waals surface area contributed by atoms with Crippen molar-refractivity contribution in [2.24, 2.45) is 20.5 Å². The second-order valence-electron chi connectivity index (χ2n) is 8.16. The number of hydrogen-bond acceptors (Lipinski definition) is 10. The quantitative estimate of drug-likeness (QED) is 0.0832. The molecule has 0 atom stereocenters. The van der Waals surface area contributed by atoms with E-state index in [-0.39, 0.29) is 240 Å². The Morgan fingerprint density at radius 2 is 0.727 bits per heavy atom. The second kappa shape index (κ2) is 21.1. The summed E-state index contributed by atoms with van der Waals surface area (Å²) in [7, 11) is -9.45. The van der Waals surface area contributed by atoms with Crippen molar-refractivity contribution >= 4 is 261 Å². The van der Waals surface area contributed by atoms with Gasteiger partial charge in [0.1, 0.15) is 21.3 Å². The summed E-state index contributed by atoms with van der Waals surface area (Å²) in [6.45, 7) is 0. The summed E-state index contributed by atoms with van der Waals surface area (Å²) in [6.07, 6.45) is 2.48. The number of azo groups is 2. The summed E-state index contributed by atoms with van der Waals surface area (Å²) in [4.78, 5) is -1.03. The van der Waals surface area contributed by atoms with Crippen LogP contribution in [0.25, 0.3) is 12.2 Å². The number of nitrogens with zero attached hydrogens (tertiary/aromatic N) is 4. The Bertz CT molecular complexity index is 1730. The monoisotopic (exact) mass is 736 g/mol. The SMILES string of the molecule is O=S(=O)(O)c1cc(N=Nc2ccc(O)cc2)ccc1C=Cc1ccc(N=Nc2ccc(O)cc2)cc1S(=O)(=O)O.[K].[K].[K].[K]. The Hall–Kier alpha value is 1.79. The van der Waals surface area contributed by atoms with Gasteiger partial charge >= 0.3 is 0 Å². The van der Waals surface area contributed by atoms with Crippen LogP contribution in [0.15, 0.2) is 115 Å². The van der Waals surface area contributed by atoms with Gasteiger partial charge in [-0.1, -0.05) is 24.3 Å². The molecule has 0 spiro atoms. The minimum atomic E-state index is -4.73. The van der Waals surface area contributed by atoms with Crippen molar-refractivity contribution in [3.63, 3.8) is 0 Å². The molecule has 0 fully saturated rings. The summed E-state index contributed by atoms with van der Waals surface area (Å²) in [5.74, 6) is 0.0723. The van der Waals surface area contributed by atoms with Crippen molar-refractivity contribution in [3.05, 3.63) is 96.1 Å². The molecule has 0 aliphatic rings. The molecular weight excluding hydrogens is 717 g/mol. The van der Waals surface area contributed by atoms with Crippen LogP contribution in [0.5, 0.6) is 11.5 Å². The number of aromatic hydroxyl groups is 2. The van der Waals surface area contributed by atoms with E-state index < -0.39 is 30.0 Å². The Labute approximate surface area is 424 Å². The van der Waals surface area contributed by atoms with E-state index in [0.717, 1.165) is 12.1 Å². The topological polar surface area (TPSA) is 199 Å². The van der Waals surface area contributed by atoms with Crippen LogP contribution in [-0.2, 0) is 20.2 Å². The Morgan fingerprint density at radius 3 is 1.02 bits per heavy atom. The molecule has 12 nitrogen and oxygen atoms in total. The van der Waals surface area contributed by atoms with Crippen molar-refractivity contribution in [3.8, 4) is 11.5 Å². The van der Waals surface area contributed by atoms with E-state index in [0.29, 0.717) is 11.4 Å². The van der Waals surface area contributed by atoms with Crippen molar-refractivity contribution < 1.29 is 36.2 Å². The van der Waals surface area contributed by atoms with Crippen LogP contribution in [0.4, 0.5) is 22.7 Å². The van der Waals surface area contributed by atoms with Gasteiger partial charge in [0.2, 0.25) is 0 Å². The molecule has 4 aromatic carbocycles. The van der Waals surface area contributed by atoms with Gasteiger partial charge in [-0.3, -0.25) is 9.11 Å². The Morgan fingerprint density at radius 1 is 0.455 bits per heavy atom. The van der Waals surface area contributed by atoms with Crippen molar-refractivity contribution in [2.45, 2.75) is 9.79 Å². The average Bonchev–Trinajstić information content (AvgIpc) is 2.90. The van der Waals surface area contributed by atoms with Crippen molar-refractivity contribution in [1.82, 2.24) is 0 Å². The van der Waals surface area contributed by atoms with Gasteiger partial charge < -0.3 is 10.2 Å². The van der Waals surface area contributed by atoms with Gasteiger partial charge in [-0.25, -0.2) is 0 Å². The fraction of sp³-hybridized carbons (Fsp3) is 0. The fourth-order valence-corrected chi connectivity index (χ4v) is 4.75. The number of phenols is 2. The molecule has 0 aliphatic heterocycles. The third-order valence-corrected chi connectivity index (χ3v) is 7.07. The Kier molecular flexibility index (Phi) is 22.0. The van der Waals surface area contributed by atoms with Gasteiger partial charge in [0, 0.05) is 206 Å². The van der Waals surface area contributed by atoms with E-state index in [9.17, 15) is 36.2 Å². The predicted molar refractivity (Wildman–Crippen MR) is 169 cm³/mol. The molecule has 4 rings (SSSR count). The minimum Gasteiger partial charge on any atom is -0.508 e. The van der Waals surface area contributed by atoms with Crippen LogP contribution < -0.4 is 0 Å². The van der Waals surface area contributed by atoms with E-state index in [1.165, 1.54) is 84.9 Å². The zero-order valence-electron chi connectivity index (χ0n) is 24.3. The second-order valence-corrected chi connectivity index (χ2v) is 10.9. The first kappa shape index (κ1) is 45.8. The van der Waals surface area contributed by atoms with Gasteiger partial charge in [0.25, 0.3) is 20.2 Å². The molecule has 44 heavy (non-hydrogen) atoms. The van der Waals surface area contributed by atoms with Gasteiger partial charge in [-0.05, 0) is 83.9 Å². The summed E-state index contributed by atoms with van der Waals surface area (Å²) >= 11 is 0. The molecule has 18 heteroatoms. The molecule has 4 aromatic rings. The minimum absolute atomic E-state index is 0. The van der Waals surface area contributed by atoms with Gasteiger partial charge in [0.15, 0.2) is 0 Å². The van der Waals surface area contributed by atoms with E-state index in [2.05, 4.69) is 20.5 Å². The first-order chi connectivity index (χ1) is 18.9. The van der Waals surface area contributed by atoms with Crippen LogP contribution >= 0.6 is 0 Å². The molecule has 0 saturated carbocycles. The standard InChI is InChI=1S/C26H20N4O8S2.4K/c31-23-11-7-19(8-12-23)27-29-21-5-3-17(25(15-21)39(33,34)35)1-2-18-4-6-22(16-26(18)40(36,37)38)30-28-20-9-13-24(32)14-10-20;;;;/h1-16,31-32H,(H,33,34,35)(H,36,37,38);;;;. The molecular formula is C26H20K4N4O8S2. The van der Waals surface area contributed by atoms with E-state index in [1.807, 2.05) is 0 Å². The molecule has 0 bridgehead atoms. The maximum Gasteiger partial charge on any atom is 0.295 e. The van der Waals surface area contributed by atoms with Crippen LogP contribution in [0.1, 0.15) is 11.1 Å². The van der Waals surface area contributed by atoms with Crippen LogP contribution in [0.3, 0.4) is 0 Å². The molecule has 208 valence electrons. The smallest absolute Gasteiger partial charge is 0.295 e. The molecule has 0 aromatic heterocycles. The van der Waals surface area contributed by atoms with Crippen molar-refractivity contribution in [1.29, 1.82) is 0 Å². The molecule has 4 N–H and O–H groups in total. The third-order valence-electron chi connectivity index (χ3n) is 5.25. The summed E-state index contributed by atoms with van der Waals surface area (Å²) in [5, 5.41) is 34.5.